The third-order valence-corrected chi connectivity index (χ3v) is 2.44. The Labute approximate surface area is 91.6 Å². The number of H-pyrrole nitrogens is 1. The molecule has 2 heterocycles. The third kappa shape index (κ3) is 2.04. The lowest BCUT2D eigenvalue weighted by molar-refractivity contribution is 0.00412. The molecule has 0 saturated carbocycles. The molecular formula is C10H13N3O3. The van der Waals surface area contributed by atoms with Gasteiger partial charge >= 0.3 is 0 Å². The van der Waals surface area contributed by atoms with Crippen molar-refractivity contribution in [3.63, 3.8) is 0 Å². The molecule has 0 aliphatic carbocycles. The van der Waals surface area contributed by atoms with Crippen LogP contribution in [-0.4, -0.2) is 43.2 Å². The average Bonchev–Trinajstić information content (AvgIpc) is 2.75. The Balaban J connectivity index is 2.24. The van der Waals surface area contributed by atoms with Crippen molar-refractivity contribution in [1.29, 1.82) is 0 Å². The van der Waals surface area contributed by atoms with Gasteiger partial charge in [0, 0.05) is 23.8 Å². The van der Waals surface area contributed by atoms with E-state index in [1.54, 1.807) is 12.3 Å². The zero-order chi connectivity index (χ0) is 11.5. The number of pyridine rings is 1. The second-order valence-electron chi connectivity index (χ2n) is 3.60. The number of aliphatic hydroxyl groups is 3. The molecule has 0 bridgehead atoms. The molecule has 0 radical (unpaired) electrons. The summed E-state index contributed by atoms with van der Waals surface area (Å²) in [6.07, 6.45) is 1.17. The molecule has 2 aromatic heterocycles. The fourth-order valence-electron chi connectivity index (χ4n) is 1.53. The van der Waals surface area contributed by atoms with Crippen LogP contribution in [0.2, 0.25) is 0 Å². The van der Waals surface area contributed by atoms with Gasteiger partial charge in [0.05, 0.1) is 12.3 Å². The second kappa shape index (κ2) is 4.56. The first-order chi connectivity index (χ1) is 7.72. The zero-order valence-corrected chi connectivity index (χ0v) is 8.54. The molecule has 6 nitrogen and oxygen atoms in total. The van der Waals surface area contributed by atoms with Crippen molar-refractivity contribution in [2.45, 2.75) is 18.6 Å². The van der Waals surface area contributed by atoms with Crippen LogP contribution >= 0.6 is 0 Å². The summed E-state index contributed by atoms with van der Waals surface area (Å²) in [6.45, 7) is -0.167. The Morgan fingerprint density at radius 3 is 2.88 bits per heavy atom. The Morgan fingerprint density at radius 2 is 2.12 bits per heavy atom. The number of aromatic nitrogens is 3. The summed E-state index contributed by atoms with van der Waals surface area (Å²) in [5, 5.41) is 35.3. The van der Waals surface area contributed by atoms with Gasteiger partial charge in [0.15, 0.2) is 5.65 Å². The molecular weight excluding hydrogens is 210 g/mol. The fraction of sp³-hybridized carbons (Fsp3) is 0.400. The predicted molar refractivity (Wildman–Crippen MR) is 56.6 cm³/mol. The molecule has 2 atom stereocenters. The smallest absolute Gasteiger partial charge is 0.155 e. The lowest BCUT2D eigenvalue weighted by atomic mass is 10.0. The molecule has 0 aliphatic rings. The van der Waals surface area contributed by atoms with Gasteiger partial charge < -0.3 is 15.3 Å². The van der Waals surface area contributed by atoms with E-state index in [0.717, 1.165) is 5.39 Å². The highest BCUT2D eigenvalue weighted by Crippen LogP contribution is 2.20. The fourth-order valence-corrected chi connectivity index (χ4v) is 1.53. The first-order valence-corrected chi connectivity index (χ1v) is 4.98. The van der Waals surface area contributed by atoms with Gasteiger partial charge in [-0.15, -0.1) is 0 Å². The van der Waals surface area contributed by atoms with E-state index in [2.05, 4.69) is 15.2 Å². The van der Waals surface area contributed by atoms with Crippen LogP contribution < -0.4 is 0 Å². The molecule has 86 valence electrons. The van der Waals surface area contributed by atoms with E-state index in [1.807, 2.05) is 0 Å². The monoisotopic (exact) mass is 223 g/mol. The standard InChI is InChI=1S/C10H13N3O3/c14-2-1-8(15)9(16)6-3-7-5-12-13-10(7)11-4-6/h3-5,8-9,14-16H,1-2H2,(H,11,12,13). The quantitative estimate of drug-likeness (QED) is 0.571. The Hall–Kier alpha value is -1.50. The molecule has 0 fully saturated rings. The number of rotatable bonds is 4. The Morgan fingerprint density at radius 1 is 1.31 bits per heavy atom. The first kappa shape index (κ1) is 11.0. The molecule has 2 unspecified atom stereocenters. The van der Waals surface area contributed by atoms with Crippen LogP contribution in [0, 0.1) is 0 Å². The van der Waals surface area contributed by atoms with E-state index >= 15 is 0 Å². The highest BCUT2D eigenvalue weighted by Gasteiger charge is 2.18. The van der Waals surface area contributed by atoms with Gasteiger partial charge in [-0.2, -0.15) is 5.10 Å². The van der Waals surface area contributed by atoms with Crippen LogP contribution in [0.3, 0.4) is 0 Å². The predicted octanol–water partition coefficient (Wildman–Crippen LogP) is -0.265. The van der Waals surface area contributed by atoms with Crippen molar-refractivity contribution in [2.75, 3.05) is 6.61 Å². The largest absolute Gasteiger partial charge is 0.396 e. The SMILES string of the molecule is OCCC(O)C(O)c1cnc2[nH]ncc2c1. The maximum absolute atomic E-state index is 9.79. The van der Waals surface area contributed by atoms with Crippen molar-refractivity contribution < 1.29 is 15.3 Å². The first-order valence-electron chi connectivity index (χ1n) is 4.98. The van der Waals surface area contributed by atoms with Crippen LogP contribution in [0.4, 0.5) is 0 Å². The molecule has 0 saturated heterocycles. The van der Waals surface area contributed by atoms with Crippen molar-refractivity contribution in [3.8, 4) is 0 Å². The Kier molecular flexibility index (Phi) is 3.14. The molecule has 0 aliphatic heterocycles. The number of nitrogens with one attached hydrogen (secondary N) is 1. The summed E-state index contributed by atoms with van der Waals surface area (Å²) in [5.74, 6) is 0. The van der Waals surface area contributed by atoms with Crippen LogP contribution in [-0.2, 0) is 0 Å². The van der Waals surface area contributed by atoms with E-state index in [1.165, 1.54) is 6.20 Å². The van der Waals surface area contributed by atoms with Crippen molar-refractivity contribution >= 4 is 11.0 Å². The van der Waals surface area contributed by atoms with E-state index in [9.17, 15) is 10.2 Å². The highest BCUT2D eigenvalue weighted by atomic mass is 16.3. The van der Waals surface area contributed by atoms with Crippen LogP contribution in [0.25, 0.3) is 11.0 Å². The number of hydrogen-bond donors (Lipinski definition) is 4. The van der Waals surface area contributed by atoms with Crippen molar-refractivity contribution in [2.24, 2.45) is 0 Å². The van der Waals surface area contributed by atoms with Crippen LogP contribution in [0.15, 0.2) is 18.5 Å². The molecule has 16 heavy (non-hydrogen) atoms. The van der Waals surface area contributed by atoms with E-state index in [-0.39, 0.29) is 13.0 Å². The van der Waals surface area contributed by atoms with E-state index in [0.29, 0.717) is 11.2 Å². The summed E-state index contributed by atoms with van der Waals surface area (Å²) in [6, 6.07) is 1.71. The molecule has 2 aromatic rings. The lowest BCUT2D eigenvalue weighted by Gasteiger charge is -2.16. The van der Waals surface area contributed by atoms with Gasteiger partial charge in [0.25, 0.3) is 0 Å². The number of fused-ring (bicyclic) bond motifs is 1. The summed E-state index contributed by atoms with van der Waals surface area (Å²) in [5.41, 5.74) is 1.14. The molecule has 4 N–H and O–H groups in total. The van der Waals surface area contributed by atoms with Gasteiger partial charge in [0.1, 0.15) is 6.10 Å². The van der Waals surface area contributed by atoms with Crippen molar-refractivity contribution in [3.05, 3.63) is 24.0 Å². The summed E-state index contributed by atoms with van der Waals surface area (Å²) in [7, 11) is 0. The number of aromatic amines is 1. The van der Waals surface area contributed by atoms with E-state index in [4.69, 9.17) is 5.11 Å². The molecule has 2 rings (SSSR count). The van der Waals surface area contributed by atoms with Gasteiger partial charge in [-0.3, -0.25) is 5.10 Å². The molecule has 0 amide bonds. The highest BCUT2D eigenvalue weighted by molar-refractivity contribution is 5.74. The van der Waals surface area contributed by atoms with Crippen LogP contribution in [0.1, 0.15) is 18.1 Å². The second-order valence-corrected chi connectivity index (χ2v) is 3.60. The summed E-state index contributed by atoms with van der Waals surface area (Å²) in [4.78, 5) is 4.05. The summed E-state index contributed by atoms with van der Waals surface area (Å²) >= 11 is 0. The topological polar surface area (TPSA) is 102 Å². The normalized spacial score (nSPS) is 15.2. The van der Waals surface area contributed by atoms with Gasteiger partial charge in [-0.1, -0.05) is 0 Å². The Bertz CT molecular complexity index is 471. The van der Waals surface area contributed by atoms with Crippen LogP contribution in [0.5, 0.6) is 0 Å². The van der Waals surface area contributed by atoms with E-state index < -0.39 is 12.2 Å². The maximum Gasteiger partial charge on any atom is 0.155 e. The molecule has 0 spiro atoms. The minimum atomic E-state index is -1.04. The molecule has 6 heteroatoms. The van der Waals surface area contributed by atoms with Gasteiger partial charge in [0.2, 0.25) is 0 Å². The van der Waals surface area contributed by atoms with Gasteiger partial charge in [-0.05, 0) is 12.5 Å². The van der Waals surface area contributed by atoms with Crippen molar-refractivity contribution in [1.82, 2.24) is 15.2 Å². The third-order valence-electron chi connectivity index (χ3n) is 2.44. The number of hydrogen-bond acceptors (Lipinski definition) is 5. The average molecular weight is 223 g/mol. The zero-order valence-electron chi connectivity index (χ0n) is 8.54. The molecule has 0 aromatic carbocycles. The maximum atomic E-state index is 9.79. The summed E-state index contributed by atoms with van der Waals surface area (Å²) < 4.78 is 0. The minimum Gasteiger partial charge on any atom is -0.396 e. The minimum absolute atomic E-state index is 0.130. The van der Waals surface area contributed by atoms with Gasteiger partial charge in [-0.25, -0.2) is 4.98 Å². The lowest BCUT2D eigenvalue weighted by Crippen LogP contribution is -2.19. The number of nitrogens with zero attached hydrogens (tertiary/aromatic N) is 2. The number of aliphatic hydroxyl groups excluding tert-OH is 3.